The molecule has 0 fully saturated rings. The lowest BCUT2D eigenvalue weighted by molar-refractivity contribution is 0.0904. The summed E-state index contributed by atoms with van der Waals surface area (Å²) in [6, 6.07) is 5.55. The highest BCUT2D eigenvalue weighted by atomic mass is 35.5. The van der Waals surface area contributed by atoms with E-state index in [-0.39, 0.29) is 17.3 Å². The van der Waals surface area contributed by atoms with E-state index < -0.39 is 0 Å². The number of Topliss-reactive ketones (excluding diaryl/α,β-unsaturated/α-hetero) is 1. The molecule has 0 unspecified atom stereocenters. The molecule has 0 saturated carbocycles. The summed E-state index contributed by atoms with van der Waals surface area (Å²) in [5, 5.41) is 0.530. The van der Waals surface area contributed by atoms with E-state index in [1.165, 1.54) is 0 Å². The first-order valence-electron chi connectivity index (χ1n) is 7.83. The molecule has 3 rings (SSSR count). The predicted octanol–water partition coefficient (Wildman–Crippen LogP) is 4.47. The number of carbonyl (C=O) groups excluding carboxylic acids is 1. The van der Waals surface area contributed by atoms with Gasteiger partial charge in [0.15, 0.2) is 5.78 Å². The maximum Gasteiger partial charge on any atom is 0.182 e. The molecule has 0 aliphatic heterocycles. The van der Waals surface area contributed by atoms with Gasteiger partial charge in [0, 0.05) is 12.1 Å². The molecule has 0 bridgehead atoms. The van der Waals surface area contributed by atoms with Crippen LogP contribution in [0.5, 0.6) is 5.75 Å². The summed E-state index contributed by atoms with van der Waals surface area (Å²) < 4.78 is 7.49. The molecule has 23 heavy (non-hydrogen) atoms. The summed E-state index contributed by atoms with van der Waals surface area (Å²) in [5.74, 6) is 0.777. The second-order valence-electron chi connectivity index (χ2n) is 7.13. The summed E-state index contributed by atoms with van der Waals surface area (Å²) in [5.41, 5.74) is 2.34. The van der Waals surface area contributed by atoms with Gasteiger partial charge in [-0.1, -0.05) is 25.4 Å². The zero-order valence-electron chi connectivity index (χ0n) is 13.9. The van der Waals surface area contributed by atoms with E-state index in [4.69, 9.17) is 16.3 Å². The van der Waals surface area contributed by atoms with Crippen molar-refractivity contribution in [1.82, 2.24) is 9.55 Å². The first-order chi connectivity index (χ1) is 10.8. The van der Waals surface area contributed by atoms with Gasteiger partial charge < -0.3 is 4.74 Å². The van der Waals surface area contributed by atoms with E-state index in [1.807, 2.05) is 36.6 Å². The van der Waals surface area contributed by atoms with Crippen LogP contribution in [0.2, 0.25) is 5.02 Å². The van der Waals surface area contributed by atoms with Gasteiger partial charge in [-0.25, -0.2) is 4.98 Å². The average Bonchev–Trinajstić information content (AvgIpc) is 2.83. The lowest BCUT2D eigenvalue weighted by atomic mass is 9.77. The van der Waals surface area contributed by atoms with Crippen molar-refractivity contribution in [1.29, 1.82) is 0 Å². The standard InChI is InChI=1S/C18H21ClN2O2/c1-11(2)23-16-6-5-12(7-13(16)19)21-10-20-14-8-18(3,4)9-15(22)17(14)21/h5-7,10-11H,8-9H2,1-4H3. The van der Waals surface area contributed by atoms with Crippen molar-refractivity contribution in [2.45, 2.75) is 46.6 Å². The van der Waals surface area contributed by atoms with Crippen LogP contribution in [0.4, 0.5) is 0 Å². The van der Waals surface area contributed by atoms with Crippen molar-refractivity contribution in [3.05, 3.63) is 40.9 Å². The molecule has 5 heteroatoms. The molecule has 2 aromatic rings. The van der Waals surface area contributed by atoms with Gasteiger partial charge in [-0.2, -0.15) is 0 Å². The summed E-state index contributed by atoms with van der Waals surface area (Å²) in [6.45, 7) is 8.11. The summed E-state index contributed by atoms with van der Waals surface area (Å²) >= 11 is 6.31. The normalized spacial score (nSPS) is 16.5. The Labute approximate surface area is 141 Å². The lowest BCUT2D eigenvalue weighted by Crippen LogP contribution is -2.28. The van der Waals surface area contributed by atoms with Gasteiger partial charge in [0.1, 0.15) is 17.8 Å². The zero-order valence-corrected chi connectivity index (χ0v) is 14.6. The molecule has 1 aliphatic carbocycles. The molecule has 0 saturated heterocycles. The molecule has 1 aromatic heterocycles. The maximum absolute atomic E-state index is 12.5. The van der Waals surface area contributed by atoms with Gasteiger partial charge in [0.2, 0.25) is 0 Å². The lowest BCUT2D eigenvalue weighted by Gasteiger charge is -2.28. The van der Waals surface area contributed by atoms with Crippen LogP contribution in [0.25, 0.3) is 5.69 Å². The third-order valence-electron chi connectivity index (χ3n) is 3.95. The van der Waals surface area contributed by atoms with Crippen molar-refractivity contribution < 1.29 is 9.53 Å². The molecule has 1 aromatic carbocycles. The summed E-state index contributed by atoms with van der Waals surface area (Å²) in [4.78, 5) is 17.0. The van der Waals surface area contributed by atoms with E-state index in [2.05, 4.69) is 18.8 Å². The van der Waals surface area contributed by atoms with Gasteiger partial charge in [-0.05, 0) is 43.9 Å². The number of rotatable bonds is 3. The number of ketones is 1. The Balaban J connectivity index is 2.00. The second kappa shape index (κ2) is 5.68. The van der Waals surface area contributed by atoms with Crippen molar-refractivity contribution in [3.63, 3.8) is 0 Å². The SMILES string of the molecule is CC(C)Oc1ccc(-n2cnc3c2C(=O)CC(C)(C)C3)cc1Cl. The van der Waals surface area contributed by atoms with Crippen LogP contribution in [-0.4, -0.2) is 21.4 Å². The number of benzene rings is 1. The quantitative estimate of drug-likeness (QED) is 0.833. The van der Waals surface area contributed by atoms with E-state index in [0.29, 0.717) is 22.9 Å². The fourth-order valence-corrected chi connectivity index (χ4v) is 3.25. The number of hydrogen-bond donors (Lipinski definition) is 0. The molecule has 122 valence electrons. The Kier molecular flexibility index (Phi) is 3.96. The Morgan fingerprint density at radius 3 is 2.70 bits per heavy atom. The minimum Gasteiger partial charge on any atom is -0.489 e. The highest BCUT2D eigenvalue weighted by Gasteiger charge is 2.34. The van der Waals surface area contributed by atoms with Gasteiger partial charge in [0.25, 0.3) is 0 Å². The molecule has 0 spiro atoms. The monoisotopic (exact) mass is 332 g/mol. The van der Waals surface area contributed by atoms with Crippen molar-refractivity contribution >= 4 is 17.4 Å². The molecule has 0 amide bonds. The van der Waals surface area contributed by atoms with Crippen LogP contribution < -0.4 is 4.74 Å². The van der Waals surface area contributed by atoms with Crippen LogP contribution in [-0.2, 0) is 6.42 Å². The fourth-order valence-electron chi connectivity index (χ4n) is 3.03. The number of carbonyl (C=O) groups is 1. The zero-order chi connectivity index (χ0) is 16.8. The van der Waals surface area contributed by atoms with Crippen LogP contribution in [0.1, 0.15) is 50.3 Å². The number of fused-ring (bicyclic) bond motifs is 1. The largest absolute Gasteiger partial charge is 0.489 e. The van der Waals surface area contributed by atoms with Crippen molar-refractivity contribution in [2.75, 3.05) is 0 Å². The van der Waals surface area contributed by atoms with Crippen LogP contribution >= 0.6 is 11.6 Å². The van der Waals surface area contributed by atoms with E-state index in [1.54, 1.807) is 6.33 Å². The van der Waals surface area contributed by atoms with E-state index in [0.717, 1.165) is 17.8 Å². The Hall–Kier alpha value is -1.81. The molecule has 0 atom stereocenters. The first kappa shape index (κ1) is 16.1. The number of ether oxygens (including phenoxy) is 1. The van der Waals surface area contributed by atoms with E-state index >= 15 is 0 Å². The number of imidazole rings is 1. The molecule has 1 heterocycles. The third kappa shape index (κ3) is 3.13. The molecule has 0 radical (unpaired) electrons. The third-order valence-corrected chi connectivity index (χ3v) is 4.24. The van der Waals surface area contributed by atoms with Gasteiger partial charge in [-0.3, -0.25) is 9.36 Å². The average molecular weight is 333 g/mol. The summed E-state index contributed by atoms with van der Waals surface area (Å²) in [7, 11) is 0. The van der Waals surface area contributed by atoms with Crippen molar-refractivity contribution in [3.8, 4) is 11.4 Å². The number of nitrogens with zero attached hydrogens (tertiary/aromatic N) is 2. The minimum atomic E-state index is -0.0319. The minimum absolute atomic E-state index is 0.0319. The predicted molar refractivity (Wildman–Crippen MR) is 90.8 cm³/mol. The molecule has 1 aliphatic rings. The van der Waals surface area contributed by atoms with Gasteiger partial charge in [-0.15, -0.1) is 0 Å². The van der Waals surface area contributed by atoms with Gasteiger partial charge in [0.05, 0.1) is 16.8 Å². The molecule has 4 nitrogen and oxygen atoms in total. The summed E-state index contributed by atoms with van der Waals surface area (Å²) in [6.07, 6.45) is 3.11. The maximum atomic E-state index is 12.5. The highest BCUT2D eigenvalue weighted by Crippen LogP contribution is 2.36. The topological polar surface area (TPSA) is 44.1 Å². The molecular weight excluding hydrogens is 312 g/mol. The highest BCUT2D eigenvalue weighted by molar-refractivity contribution is 6.32. The fraction of sp³-hybridized carbons (Fsp3) is 0.444. The molecule has 0 N–H and O–H groups in total. The number of hydrogen-bond acceptors (Lipinski definition) is 3. The Bertz CT molecular complexity index is 762. The molecular formula is C18H21ClN2O2. The Morgan fingerprint density at radius 1 is 1.30 bits per heavy atom. The van der Waals surface area contributed by atoms with Gasteiger partial charge >= 0.3 is 0 Å². The Morgan fingerprint density at radius 2 is 2.04 bits per heavy atom. The van der Waals surface area contributed by atoms with Crippen LogP contribution in [0.15, 0.2) is 24.5 Å². The van der Waals surface area contributed by atoms with Crippen LogP contribution in [0, 0.1) is 5.41 Å². The number of aromatic nitrogens is 2. The first-order valence-corrected chi connectivity index (χ1v) is 8.21. The smallest absolute Gasteiger partial charge is 0.182 e. The van der Waals surface area contributed by atoms with E-state index in [9.17, 15) is 4.79 Å². The van der Waals surface area contributed by atoms with Crippen LogP contribution in [0.3, 0.4) is 0 Å². The van der Waals surface area contributed by atoms with Crippen molar-refractivity contribution in [2.24, 2.45) is 5.41 Å². The second-order valence-corrected chi connectivity index (χ2v) is 7.54. The number of halogens is 1.